The first-order chi connectivity index (χ1) is 18.6. The van der Waals surface area contributed by atoms with Crippen molar-refractivity contribution in [1.29, 1.82) is 0 Å². The van der Waals surface area contributed by atoms with Crippen LogP contribution in [0.15, 0.2) is 41.6 Å². The van der Waals surface area contributed by atoms with Crippen LogP contribution in [-0.2, 0) is 22.5 Å². The minimum atomic E-state index is -1.16. The largest absolute Gasteiger partial charge is 0.593 e. The number of piperazine rings is 1. The third-order valence-electron chi connectivity index (χ3n) is 7.42. The number of nitrogen functional groups attached to an aromatic ring is 1. The molecular formula is C26H33N9O2S. The summed E-state index contributed by atoms with van der Waals surface area (Å²) in [6.07, 6.45) is 4.25. The maximum atomic E-state index is 13.2. The fraction of sp³-hybridized carbons (Fsp3) is 0.462. The van der Waals surface area contributed by atoms with Crippen LogP contribution in [0.25, 0.3) is 11.3 Å². The number of anilines is 4. The molecule has 1 unspecified atom stereocenters. The first-order valence-electron chi connectivity index (χ1n) is 13.2. The predicted molar refractivity (Wildman–Crippen MR) is 148 cm³/mol. The van der Waals surface area contributed by atoms with E-state index in [1.807, 2.05) is 24.3 Å². The summed E-state index contributed by atoms with van der Waals surface area (Å²) in [6.45, 7) is 10.3. The molecule has 0 bridgehead atoms. The Morgan fingerprint density at radius 2 is 1.66 bits per heavy atom. The Morgan fingerprint density at radius 3 is 2.34 bits per heavy atom. The number of morpholine rings is 1. The summed E-state index contributed by atoms with van der Waals surface area (Å²) in [5.41, 5.74) is 9.49. The monoisotopic (exact) mass is 535 g/mol. The van der Waals surface area contributed by atoms with E-state index < -0.39 is 11.4 Å². The molecule has 3 aliphatic rings. The molecule has 0 saturated carbocycles. The van der Waals surface area contributed by atoms with Gasteiger partial charge < -0.3 is 29.7 Å². The minimum Gasteiger partial charge on any atom is -0.593 e. The molecule has 0 aliphatic carbocycles. The highest BCUT2D eigenvalue weighted by Gasteiger charge is 2.31. The molecule has 11 nitrogen and oxygen atoms in total. The summed E-state index contributed by atoms with van der Waals surface area (Å²) in [7, 11) is 0. The van der Waals surface area contributed by atoms with Gasteiger partial charge in [0.05, 0.1) is 43.4 Å². The van der Waals surface area contributed by atoms with Gasteiger partial charge in [0.25, 0.3) is 0 Å². The molecule has 0 amide bonds. The maximum Gasteiger partial charge on any atom is 0.228 e. The van der Waals surface area contributed by atoms with Gasteiger partial charge in [-0.2, -0.15) is 4.98 Å². The summed E-state index contributed by atoms with van der Waals surface area (Å²) in [4.78, 5) is 26.0. The van der Waals surface area contributed by atoms with E-state index in [0.717, 1.165) is 92.0 Å². The van der Waals surface area contributed by atoms with E-state index in [0.29, 0.717) is 19.2 Å². The van der Waals surface area contributed by atoms with Gasteiger partial charge in [-0.05, 0) is 37.2 Å². The number of nitrogens with zero attached hydrogens (tertiary/aromatic N) is 8. The average molecular weight is 536 g/mol. The van der Waals surface area contributed by atoms with Gasteiger partial charge in [0, 0.05) is 61.9 Å². The normalized spacial score (nSPS) is 19.5. The molecule has 200 valence electrons. The molecule has 38 heavy (non-hydrogen) atoms. The molecule has 3 aliphatic heterocycles. The average Bonchev–Trinajstić information content (AvgIpc) is 3.41. The third-order valence-corrected chi connectivity index (χ3v) is 8.93. The number of aromatic nitrogens is 4. The van der Waals surface area contributed by atoms with Crippen molar-refractivity contribution >= 4 is 34.8 Å². The quantitative estimate of drug-likeness (QED) is 0.464. The molecule has 2 fully saturated rings. The topological polar surface area (TPSA) is 123 Å². The predicted octanol–water partition coefficient (Wildman–Crippen LogP) is 1.71. The molecule has 1 aromatic carbocycles. The number of likely N-dealkylation sites (N-methyl/N-ethyl adjacent to an activating group) is 1. The second-order valence-corrected chi connectivity index (χ2v) is 11.1. The van der Waals surface area contributed by atoms with E-state index in [9.17, 15) is 4.55 Å². The molecule has 2 N–H and O–H groups in total. The smallest absolute Gasteiger partial charge is 0.228 e. The fourth-order valence-electron chi connectivity index (χ4n) is 5.20. The summed E-state index contributed by atoms with van der Waals surface area (Å²) in [5.74, 6) is 1.80. The van der Waals surface area contributed by atoms with Gasteiger partial charge in [-0.25, -0.2) is 15.0 Å². The molecule has 3 aromatic rings. The van der Waals surface area contributed by atoms with Gasteiger partial charge in [-0.15, -0.1) is 4.31 Å². The first kappa shape index (κ1) is 25.3. The second-order valence-electron chi connectivity index (χ2n) is 9.61. The highest BCUT2D eigenvalue weighted by molar-refractivity contribution is 7.89. The Kier molecular flexibility index (Phi) is 7.30. The molecule has 6 rings (SSSR count). The summed E-state index contributed by atoms with van der Waals surface area (Å²) >= 11 is -1.16. The van der Waals surface area contributed by atoms with Gasteiger partial charge in [0.1, 0.15) is 5.82 Å². The zero-order valence-corrected chi connectivity index (χ0v) is 22.4. The van der Waals surface area contributed by atoms with Gasteiger partial charge in [0.15, 0.2) is 4.90 Å². The molecular weight excluding hydrogens is 502 g/mol. The highest BCUT2D eigenvalue weighted by atomic mass is 32.2. The van der Waals surface area contributed by atoms with Gasteiger partial charge >= 0.3 is 0 Å². The van der Waals surface area contributed by atoms with E-state index >= 15 is 0 Å². The molecule has 0 spiro atoms. The van der Waals surface area contributed by atoms with E-state index in [1.165, 1.54) is 0 Å². The molecule has 1 atom stereocenters. The molecule has 12 heteroatoms. The number of hydrogen-bond donors (Lipinski definition) is 1. The molecule has 2 aromatic heterocycles. The molecule has 2 saturated heterocycles. The zero-order chi connectivity index (χ0) is 26.1. The Morgan fingerprint density at radius 1 is 0.947 bits per heavy atom. The van der Waals surface area contributed by atoms with Gasteiger partial charge in [0.2, 0.25) is 11.9 Å². The van der Waals surface area contributed by atoms with Crippen LogP contribution in [-0.4, -0.2) is 99.3 Å². The Hall–Kier alpha value is -3.03. The SMILES string of the molecule is CCN1CCN([S+]([O-])c2ccc(N3CCc4c(-c5cnc(N)nc5)nc(N5CCOCC5)nc43)cc2)CC1. The summed E-state index contributed by atoms with van der Waals surface area (Å²) in [6, 6.07) is 8.06. The number of hydrogen-bond acceptors (Lipinski definition) is 11. The van der Waals surface area contributed by atoms with Crippen molar-refractivity contribution in [3.05, 3.63) is 42.2 Å². The number of ether oxygens (including phenoxy) is 1. The van der Waals surface area contributed by atoms with E-state index in [2.05, 4.69) is 35.9 Å². The van der Waals surface area contributed by atoms with Gasteiger partial charge in [-0.1, -0.05) is 6.92 Å². The van der Waals surface area contributed by atoms with E-state index in [4.69, 9.17) is 20.4 Å². The first-order valence-corrected chi connectivity index (χ1v) is 14.3. The number of fused-ring (bicyclic) bond motifs is 1. The Balaban J connectivity index is 1.29. The lowest BCUT2D eigenvalue weighted by Gasteiger charge is -2.33. The fourth-order valence-corrected chi connectivity index (χ4v) is 6.36. The van der Waals surface area contributed by atoms with E-state index in [-0.39, 0.29) is 5.95 Å². The van der Waals surface area contributed by atoms with Crippen LogP contribution in [0.5, 0.6) is 0 Å². The van der Waals surface area contributed by atoms with Crippen LogP contribution in [0.3, 0.4) is 0 Å². The van der Waals surface area contributed by atoms with Crippen LogP contribution in [0.1, 0.15) is 12.5 Å². The Bertz CT molecular complexity index is 1250. The highest BCUT2D eigenvalue weighted by Crippen LogP contribution is 2.39. The van der Waals surface area contributed by atoms with Crippen LogP contribution in [0.4, 0.5) is 23.4 Å². The van der Waals surface area contributed by atoms with Crippen molar-refractivity contribution in [2.45, 2.75) is 18.2 Å². The lowest BCUT2D eigenvalue weighted by molar-refractivity contribution is 0.122. The summed E-state index contributed by atoms with van der Waals surface area (Å²) in [5, 5.41) is 0. The standard InChI is InChI=1S/C26H33N9O2S/c1-2-32-9-11-34(12-10-32)38(36)21-5-3-20(4-6-21)35-8-7-22-23(19-17-28-25(27)29-18-19)30-26(31-24(22)35)33-13-15-37-16-14-33/h3-6,17-18H,2,7-16H2,1H3,(H2,27,28,29). The number of nitrogens with two attached hydrogens (primary N) is 1. The molecule has 5 heterocycles. The third kappa shape index (κ3) is 5.02. The number of rotatable bonds is 6. The second kappa shape index (κ2) is 11.0. The lowest BCUT2D eigenvalue weighted by atomic mass is 10.1. The van der Waals surface area contributed by atoms with Crippen molar-refractivity contribution in [2.24, 2.45) is 0 Å². The lowest BCUT2D eigenvalue weighted by Crippen LogP contribution is -2.48. The van der Waals surface area contributed by atoms with Crippen molar-refractivity contribution < 1.29 is 9.29 Å². The van der Waals surface area contributed by atoms with Crippen molar-refractivity contribution in [3.8, 4) is 11.3 Å². The van der Waals surface area contributed by atoms with Gasteiger partial charge in [-0.3, -0.25) is 0 Å². The molecule has 0 radical (unpaired) electrons. The van der Waals surface area contributed by atoms with Crippen LogP contribution >= 0.6 is 0 Å². The van der Waals surface area contributed by atoms with Crippen LogP contribution in [0.2, 0.25) is 0 Å². The van der Waals surface area contributed by atoms with E-state index in [1.54, 1.807) is 12.4 Å². The minimum absolute atomic E-state index is 0.235. The van der Waals surface area contributed by atoms with Crippen molar-refractivity contribution in [1.82, 2.24) is 29.1 Å². The summed E-state index contributed by atoms with van der Waals surface area (Å²) < 4.78 is 20.8. The number of benzene rings is 1. The zero-order valence-electron chi connectivity index (χ0n) is 21.6. The Labute approximate surface area is 226 Å². The van der Waals surface area contributed by atoms with Crippen molar-refractivity contribution in [2.75, 3.05) is 81.1 Å². The van der Waals surface area contributed by atoms with Crippen LogP contribution in [0, 0.1) is 0 Å². The van der Waals surface area contributed by atoms with Crippen molar-refractivity contribution in [3.63, 3.8) is 0 Å². The maximum absolute atomic E-state index is 13.2. The van der Waals surface area contributed by atoms with Crippen LogP contribution < -0.4 is 15.5 Å².